The van der Waals surface area contributed by atoms with E-state index in [1.54, 1.807) is 6.20 Å². The highest BCUT2D eigenvalue weighted by Crippen LogP contribution is 2.32. The van der Waals surface area contributed by atoms with Gasteiger partial charge in [0.05, 0.1) is 30.2 Å². The molecule has 0 aliphatic carbocycles. The summed E-state index contributed by atoms with van der Waals surface area (Å²) < 4.78 is 5.41. The molecule has 1 aliphatic heterocycles. The summed E-state index contributed by atoms with van der Waals surface area (Å²) in [5, 5.41) is 18.0. The number of morpholine rings is 1. The number of ether oxygens (including phenoxy) is 1. The van der Waals surface area contributed by atoms with Crippen molar-refractivity contribution in [3.05, 3.63) is 82.6 Å². The molecule has 1 saturated heterocycles. The molecule has 39 heavy (non-hydrogen) atoms. The molecule has 3 aromatic heterocycles. The number of nitrogens with one attached hydrogen (secondary N) is 3. The molecule has 0 saturated carbocycles. The topological polar surface area (TPSA) is 102 Å². The zero-order chi connectivity index (χ0) is 27.0. The number of rotatable bonds is 10. The Morgan fingerprint density at radius 3 is 2.74 bits per heavy atom. The summed E-state index contributed by atoms with van der Waals surface area (Å²) in [6, 6.07) is 12.6. The van der Waals surface area contributed by atoms with Crippen molar-refractivity contribution in [3.63, 3.8) is 0 Å². The van der Waals surface area contributed by atoms with Gasteiger partial charge in [-0.2, -0.15) is 5.26 Å². The molecule has 1 aliphatic rings. The average Bonchev–Trinajstić information content (AvgIpc) is 3.45. The minimum absolute atomic E-state index is 0.497. The summed E-state index contributed by atoms with van der Waals surface area (Å²) >= 11 is 0. The first-order valence-corrected chi connectivity index (χ1v) is 13.5. The van der Waals surface area contributed by atoms with Gasteiger partial charge in [0.1, 0.15) is 6.07 Å². The third-order valence-electron chi connectivity index (χ3n) is 7.23. The number of H-pyrrole nitrogens is 1. The molecule has 4 aromatic rings. The van der Waals surface area contributed by atoms with E-state index < -0.39 is 0 Å². The molecular weight excluding hydrogens is 486 g/mol. The lowest BCUT2D eigenvalue weighted by molar-refractivity contribution is 0.0374. The van der Waals surface area contributed by atoms with Crippen LogP contribution in [0, 0.1) is 25.2 Å². The number of aromatic amines is 1. The van der Waals surface area contributed by atoms with Gasteiger partial charge in [0.2, 0.25) is 0 Å². The van der Waals surface area contributed by atoms with Crippen LogP contribution in [0.1, 0.15) is 40.1 Å². The first-order chi connectivity index (χ1) is 19.1. The Morgan fingerprint density at radius 1 is 1.08 bits per heavy atom. The molecule has 0 bridgehead atoms. The molecular formula is C31H35N7O. The van der Waals surface area contributed by atoms with Crippen LogP contribution in [0.4, 0.5) is 11.4 Å². The van der Waals surface area contributed by atoms with Crippen LogP contribution in [0.2, 0.25) is 0 Å². The van der Waals surface area contributed by atoms with E-state index in [4.69, 9.17) is 4.74 Å². The minimum Gasteiger partial charge on any atom is -0.379 e. The molecule has 8 nitrogen and oxygen atoms in total. The number of hydrogen-bond donors (Lipinski definition) is 3. The maximum absolute atomic E-state index is 9.82. The lowest BCUT2D eigenvalue weighted by Gasteiger charge is -2.26. The predicted octanol–water partition coefficient (Wildman–Crippen LogP) is 5.17. The van der Waals surface area contributed by atoms with Crippen LogP contribution in [-0.4, -0.2) is 59.2 Å². The summed E-state index contributed by atoms with van der Waals surface area (Å²) in [5.74, 6) is 0. The largest absolute Gasteiger partial charge is 0.379 e. The van der Waals surface area contributed by atoms with Crippen molar-refractivity contribution in [3.8, 4) is 6.07 Å². The second kappa shape index (κ2) is 12.7. The summed E-state index contributed by atoms with van der Waals surface area (Å²) in [6.07, 6.45) is 10.6. The second-order valence-corrected chi connectivity index (χ2v) is 9.87. The molecule has 1 fully saturated rings. The van der Waals surface area contributed by atoms with Crippen LogP contribution in [0.15, 0.2) is 48.9 Å². The van der Waals surface area contributed by atoms with E-state index in [0.29, 0.717) is 5.56 Å². The summed E-state index contributed by atoms with van der Waals surface area (Å²) in [6.45, 7) is 10.7. The fraction of sp³-hybridized carbons (Fsp3) is 0.323. The maximum Gasteiger partial charge on any atom is 0.103 e. The van der Waals surface area contributed by atoms with Crippen LogP contribution in [0.5, 0.6) is 0 Å². The van der Waals surface area contributed by atoms with Gasteiger partial charge in [0.15, 0.2) is 0 Å². The number of anilines is 2. The van der Waals surface area contributed by atoms with Crippen molar-refractivity contribution >= 4 is 34.4 Å². The van der Waals surface area contributed by atoms with E-state index in [1.807, 2.05) is 49.7 Å². The standard InChI is InChI=1S/C31H35N7O/c1-22-27-10-12-34-30(27)9-8-29(22)37-31-25(18-32)21-35-23(2)28(31)7-6-26-5-4-24(20-36-26)19-33-11-3-13-38-14-16-39-17-15-38/h4-10,12,20-21,33-34H,3,11,13-17,19H2,1-2H3,(H,35,37)/b7-6+. The summed E-state index contributed by atoms with van der Waals surface area (Å²) in [7, 11) is 0. The van der Waals surface area contributed by atoms with Crippen LogP contribution in [-0.2, 0) is 11.3 Å². The highest BCUT2D eigenvalue weighted by Gasteiger charge is 2.14. The van der Waals surface area contributed by atoms with Crippen LogP contribution < -0.4 is 10.6 Å². The van der Waals surface area contributed by atoms with Crippen molar-refractivity contribution in [2.75, 3.05) is 44.7 Å². The zero-order valence-corrected chi connectivity index (χ0v) is 22.6. The van der Waals surface area contributed by atoms with Crippen LogP contribution in [0.3, 0.4) is 0 Å². The van der Waals surface area contributed by atoms with E-state index in [2.05, 4.69) is 55.6 Å². The lowest BCUT2D eigenvalue weighted by atomic mass is 10.0. The fourth-order valence-electron chi connectivity index (χ4n) is 4.89. The van der Waals surface area contributed by atoms with Crippen molar-refractivity contribution in [2.45, 2.75) is 26.8 Å². The van der Waals surface area contributed by atoms with E-state index >= 15 is 0 Å². The van der Waals surface area contributed by atoms with Gasteiger partial charge in [-0.3, -0.25) is 14.9 Å². The molecule has 5 rings (SSSR count). The number of fused-ring (bicyclic) bond motifs is 1. The quantitative estimate of drug-likeness (QED) is 0.247. The van der Waals surface area contributed by atoms with Crippen LogP contribution in [0.25, 0.3) is 23.1 Å². The Kier molecular flexibility index (Phi) is 8.64. The second-order valence-electron chi connectivity index (χ2n) is 9.87. The summed E-state index contributed by atoms with van der Waals surface area (Å²) in [4.78, 5) is 14.8. The molecule has 4 heterocycles. The first-order valence-electron chi connectivity index (χ1n) is 13.5. The molecule has 0 radical (unpaired) electrons. The van der Waals surface area contributed by atoms with E-state index in [1.165, 1.54) is 0 Å². The number of benzene rings is 1. The van der Waals surface area contributed by atoms with Gasteiger partial charge in [-0.25, -0.2) is 0 Å². The van der Waals surface area contributed by atoms with E-state index in [-0.39, 0.29) is 0 Å². The first kappa shape index (κ1) is 26.6. The zero-order valence-electron chi connectivity index (χ0n) is 22.6. The van der Waals surface area contributed by atoms with Gasteiger partial charge in [0.25, 0.3) is 0 Å². The Labute approximate surface area is 229 Å². The number of nitrogens with zero attached hydrogens (tertiary/aromatic N) is 4. The van der Waals surface area contributed by atoms with E-state index in [0.717, 1.165) is 103 Å². The summed E-state index contributed by atoms with van der Waals surface area (Å²) in [5.41, 5.74) is 8.12. The van der Waals surface area contributed by atoms with Gasteiger partial charge in [-0.05, 0) is 80.9 Å². The van der Waals surface area contributed by atoms with Gasteiger partial charge in [-0.15, -0.1) is 0 Å². The van der Waals surface area contributed by atoms with E-state index in [9.17, 15) is 5.26 Å². The van der Waals surface area contributed by atoms with Gasteiger partial charge in [-0.1, -0.05) is 6.07 Å². The van der Waals surface area contributed by atoms with Gasteiger partial charge in [0, 0.05) is 66.1 Å². The number of pyridine rings is 2. The number of aryl methyl sites for hydroxylation is 2. The Bertz CT molecular complexity index is 1480. The molecule has 0 unspecified atom stereocenters. The SMILES string of the molecule is Cc1ncc(C#N)c(Nc2ccc3[nH]ccc3c2C)c1/C=C/c1ccc(CNCCCN2CCOCC2)cn1. The molecule has 1 aromatic carbocycles. The molecule has 0 atom stereocenters. The van der Waals surface area contributed by atoms with Gasteiger partial charge >= 0.3 is 0 Å². The molecule has 200 valence electrons. The molecule has 8 heteroatoms. The highest BCUT2D eigenvalue weighted by atomic mass is 16.5. The maximum atomic E-state index is 9.82. The van der Waals surface area contributed by atoms with Crippen molar-refractivity contribution in [1.29, 1.82) is 5.26 Å². The van der Waals surface area contributed by atoms with Crippen LogP contribution >= 0.6 is 0 Å². The number of aromatic nitrogens is 3. The number of nitriles is 1. The molecule has 0 amide bonds. The average molecular weight is 522 g/mol. The predicted molar refractivity (Wildman–Crippen MR) is 157 cm³/mol. The fourth-order valence-corrected chi connectivity index (χ4v) is 4.89. The third kappa shape index (κ3) is 6.52. The van der Waals surface area contributed by atoms with Crippen molar-refractivity contribution in [2.24, 2.45) is 0 Å². The Morgan fingerprint density at radius 2 is 1.95 bits per heavy atom. The highest BCUT2D eigenvalue weighted by molar-refractivity contribution is 5.90. The number of hydrogen-bond acceptors (Lipinski definition) is 7. The third-order valence-corrected chi connectivity index (χ3v) is 7.23. The molecule has 3 N–H and O–H groups in total. The molecule has 0 spiro atoms. The van der Waals surface area contributed by atoms with Gasteiger partial charge < -0.3 is 20.4 Å². The monoisotopic (exact) mass is 521 g/mol. The lowest BCUT2D eigenvalue weighted by Crippen LogP contribution is -2.37. The smallest absolute Gasteiger partial charge is 0.103 e. The Balaban J connectivity index is 1.24. The minimum atomic E-state index is 0.497. The van der Waals surface area contributed by atoms with Crippen molar-refractivity contribution < 1.29 is 4.74 Å². The Hall–Kier alpha value is -4.03. The van der Waals surface area contributed by atoms with Crippen molar-refractivity contribution in [1.82, 2.24) is 25.2 Å². The normalized spacial score (nSPS) is 14.2.